The molecule has 2 aliphatic rings. The van der Waals surface area contributed by atoms with E-state index in [1.165, 1.54) is 12.8 Å². The first-order valence-corrected chi connectivity index (χ1v) is 15.0. The highest BCUT2D eigenvalue weighted by Crippen LogP contribution is 2.37. The molecule has 10 nitrogen and oxygen atoms in total. The molecular formula is C32H41N7O3. The van der Waals surface area contributed by atoms with Crippen LogP contribution in [-0.2, 0) is 11.3 Å². The summed E-state index contributed by atoms with van der Waals surface area (Å²) in [7, 11) is 5.19. The van der Waals surface area contributed by atoms with Crippen molar-refractivity contribution in [3.05, 3.63) is 47.3 Å². The van der Waals surface area contributed by atoms with E-state index in [1.807, 2.05) is 28.4 Å². The average Bonchev–Trinajstić information content (AvgIpc) is 3.65. The molecule has 0 bridgehead atoms. The normalized spacial score (nSPS) is 18.0. The Balaban J connectivity index is 1.43. The van der Waals surface area contributed by atoms with E-state index in [9.17, 15) is 9.59 Å². The van der Waals surface area contributed by atoms with Crippen LogP contribution in [0.15, 0.2) is 30.3 Å². The van der Waals surface area contributed by atoms with Crippen LogP contribution in [0.2, 0.25) is 0 Å². The number of fused-ring (bicyclic) bond motifs is 2. The lowest BCUT2D eigenvalue weighted by molar-refractivity contribution is -0.129. The monoisotopic (exact) mass is 571 g/mol. The number of aromatic nitrogens is 4. The number of amides is 2. The van der Waals surface area contributed by atoms with Crippen molar-refractivity contribution in [3.63, 3.8) is 0 Å². The number of carbonyl (C=O) groups is 2. The van der Waals surface area contributed by atoms with E-state index in [4.69, 9.17) is 20.4 Å². The maximum Gasteiger partial charge on any atom is 0.254 e. The number of pyridine rings is 2. The number of aryl methyl sites for hydroxylation is 1. The number of rotatable bonds is 8. The number of nitrogens with zero attached hydrogens (tertiary/aromatic N) is 6. The van der Waals surface area contributed by atoms with Gasteiger partial charge in [0.2, 0.25) is 5.91 Å². The molecule has 0 spiro atoms. The highest BCUT2D eigenvalue weighted by atomic mass is 16.5. The van der Waals surface area contributed by atoms with Crippen molar-refractivity contribution in [2.45, 2.75) is 64.5 Å². The summed E-state index contributed by atoms with van der Waals surface area (Å²) in [4.78, 5) is 39.5. The Hall–Kier alpha value is -3.92. The van der Waals surface area contributed by atoms with Gasteiger partial charge in [-0.05, 0) is 62.8 Å². The summed E-state index contributed by atoms with van der Waals surface area (Å²) in [5, 5.41) is 1.04. The zero-order valence-corrected chi connectivity index (χ0v) is 25.3. The number of methoxy groups -OCH3 is 1. The quantitative estimate of drug-likeness (QED) is 0.339. The van der Waals surface area contributed by atoms with Crippen LogP contribution in [-0.4, -0.2) is 80.9 Å². The highest BCUT2D eigenvalue weighted by molar-refractivity contribution is 5.96. The third-order valence-electron chi connectivity index (χ3n) is 8.75. The lowest BCUT2D eigenvalue weighted by Crippen LogP contribution is -2.45. The number of hydrogen-bond acceptors (Lipinski definition) is 6. The number of likely N-dealkylation sites (tertiary alicyclic amines) is 1. The maximum absolute atomic E-state index is 13.5. The fraction of sp³-hybridized carbons (Fsp3) is 0.500. The molecule has 1 aliphatic heterocycles. The Bertz CT molecular complexity index is 1670. The van der Waals surface area contributed by atoms with Crippen molar-refractivity contribution in [1.29, 1.82) is 0 Å². The molecule has 2 amide bonds. The van der Waals surface area contributed by atoms with Gasteiger partial charge in [-0.25, -0.2) is 9.97 Å². The van der Waals surface area contributed by atoms with Crippen LogP contribution in [0.1, 0.15) is 66.7 Å². The van der Waals surface area contributed by atoms with Crippen molar-refractivity contribution < 1.29 is 14.3 Å². The van der Waals surface area contributed by atoms with Crippen LogP contribution in [0.3, 0.4) is 0 Å². The zero-order valence-electron chi connectivity index (χ0n) is 25.3. The van der Waals surface area contributed by atoms with Crippen LogP contribution in [0.4, 0.5) is 0 Å². The lowest BCUT2D eigenvalue weighted by atomic mass is 10.0. The largest absolute Gasteiger partial charge is 0.482 e. The molecule has 5 heterocycles. The molecule has 42 heavy (non-hydrogen) atoms. The third-order valence-corrected chi connectivity index (χ3v) is 8.75. The van der Waals surface area contributed by atoms with Crippen molar-refractivity contribution >= 4 is 28.5 Å². The van der Waals surface area contributed by atoms with Crippen molar-refractivity contribution in [2.24, 2.45) is 11.7 Å². The minimum absolute atomic E-state index is 0.00336. The Morgan fingerprint density at radius 2 is 1.93 bits per heavy atom. The van der Waals surface area contributed by atoms with Gasteiger partial charge in [0.15, 0.2) is 5.88 Å². The maximum atomic E-state index is 13.5. The fourth-order valence-corrected chi connectivity index (χ4v) is 6.07. The first-order chi connectivity index (χ1) is 20.1. The SMILES string of the molecule is COc1cc(C(=O)N2CCC[C@@H](N)C2)cc2nc(-c3cc4ccc(C(C)CC(=O)N(C)C)nc4n3CC3CC3)c(C)n12. The molecule has 10 heteroatoms. The number of imidazole rings is 1. The van der Waals surface area contributed by atoms with Gasteiger partial charge in [0.05, 0.1) is 18.5 Å². The Morgan fingerprint density at radius 3 is 2.62 bits per heavy atom. The third kappa shape index (κ3) is 5.24. The molecule has 222 valence electrons. The van der Waals surface area contributed by atoms with Crippen molar-refractivity contribution in [1.82, 2.24) is 28.7 Å². The molecule has 2 atom stereocenters. The standard InChI is InChI=1S/C32H41N7O3/c1-19(13-28(40)36(3)4)25-11-10-22-14-26(38(31(22)34-25)17-21-8-9-21)30-20(2)39-27(35-30)15-23(16-29(39)42-5)32(41)37-12-6-7-24(33)18-37/h10-11,14-16,19,21,24H,6-9,12-13,17-18,33H2,1-5H3/t19?,24-/m1/s1. The van der Waals surface area contributed by atoms with E-state index in [0.717, 1.165) is 53.2 Å². The van der Waals surface area contributed by atoms with E-state index in [2.05, 4.69) is 23.6 Å². The minimum Gasteiger partial charge on any atom is -0.482 e. The van der Waals surface area contributed by atoms with Crippen LogP contribution in [0, 0.1) is 12.8 Å². The highest BCUT2D eigenvalue weighted by Gasteiger charge is 2.28. The van der Waals surface area contributed by atoms with Crippen LogP contribution in [0.25, 0.3) is 28.1 Å². The van der Waals surface area contributed by atoms with Crippen LogP contribution < -0.4 is 10.5 Å². The van der Waals surface area contributed by atoms with Gasteiger partial charge in [0.1, 0.15) is 17.0 Å². The molecule has 0 aromatic carbocycles. The molecule has 4 aromatic heterocycles. The van der Waals surface area contributed by atoms with Crippen molar-refractivity contribution in [2.75, 3.05) is 34.3 Å². The van der Waals surface area contributed by atoms with Gasteiger partial charge in [0, 0.05) is 74.8 Å². The molecule has 4 aromatic rings. The molecule has 1 aliphatic carbocycles. The Kier molecular flexibility index (Phi) is 7.43. The predicted octanol–water partition coefficient (Wildman–Crippen LogP) is 4.22. The molecule has 1 saturated heterocycles. The number of carbonyl (C=O) groups excluding carboxylic acids is 2. The van der Waals surface area contributed by atoms with Gasteiger partial charge in [-0.2, -0.15) is 0 Å². The summed E-state index contributed by atoms with van der Waals surface area (Å²) in [5.41, 5.74) is 12.0. The summed E-state index contributed by atoms with van der Waals surface area (Å²) < 4.78 is 10.1. The second kappa shape index (κ2) is 11.1. The number of nitrogens with two attached hydrogens (primary N) is 1. The van der Waals surface area contributed by atoms with E-state index in [0.29, 0.717) is 42.5 Å². The van der Waals surface area contributed by atoms with E-state index in [-0.39, 0.29) is 23.8 Å². The van der Waals surface area contributed by atoms with Gasteiger partial charge in [-0.15, -0.1) is 0 Å². The molecule has 1 unspecified atom stereocenters. The second-order valence-electron chi connectivity index (χ2n) is 12.3. The summed E-state index contributed by atoms with van der Waals surface area (Å²) >= 11 is 0. The molecule has 6 rings (SSSR count). The predicted molar refractivity (Wildman–Crippen MR) is 163 cm³/mol. The van der Waals surface area contributed by atoms with Gasteiger partial charge in [-0.3, -0.25) is 14.0 Å². The van der Waals surface area contributed by atoms with Crippen molar-refractivity contribution in [3.8, 4) is 17.3 Å². The van der Waals surface area contributed by atoms with Crippen LogP contribution >= 0.6 is 0 Å². The van der Waals surface area contributed by atoms with Gasteiger partial charge < -0.3 is 24.8 Å². The van der Waals surface area contributed by atoms with Gasteiger partial charge in [0.25, 0.3) is 5.91 Å². The average molecular weight is 572 g/mol. The Morgan fingerprint density at radius 1 is 1.14 bits per heavy atom. The van der Waals surface area contributed by atoms with E-state index in [1.54, 1.807) is 32.2 Å². The first-order valence-electron chi connectivity index (χ1n) is 15.0. The van der Waals surface area contributed by atoms with Crippen LogP contribution in [0.5, 0.6) is 5.88 Å². The topological polar surface area (TPSA) is 111 Å². The summed E-state index contributed by atoms with van der Waals surface area (Å²) in [6.07, 6.45) is 4.67. The first kappa shape index (κ1) is 28.2. The molecule has 1 saturated carbocycles. The summed E-state index contributed by atoms with van der Waals surface area (Å²) in [6.45, 7) is 6.22. The van der Waals surface area contributed by atoms with E-state index < -0.39 is 0 Å². The summed E-state index contributed by atoms with van der Waals surface area (Å²) in [6, 6.07) is 9.96. The number of piperidine rings is 1. The molecular weight excluding hydrogens is 530 g/mol. The van der Waals surface area contributed by atoms with Gasteiger partial charge in [-0.1, -0.05) is 6.92 Å². The summed E-state index contributed by atoms with van der Waals surface area (Å²) in [5.74, 6) is 1.23. The molecule has 2 fully saturated rings. The minimum atomic E-state index is -0.0467. The number of hydrogen-bond donors (Lipinski definition) is 1. The van der Waals surface area contributed by atoms with Gasteiger partial charge >= 0.3 is 0 Å². The zero-order chi connectivity index (χ0) is 29.7. The second-order valence-corrected chi connectivity index (χ2v) is 12.3. The van der Waals surface area contributed by atoms with E-state index >= 15 is 0 Å². The Labute approximate surface area is 246 Å². The molecule has 0 radical (unpaired) electrons. The molecule has 2 N–H and O–H groups in total. The fourth-order valence-electron chi connectivity index (χ4n) is 6.07. The number of ether oxygens (including phenoxy) is 1. The lowest BCUT2D eigenvalue weighted by Gasteiger charge is -2.30. The smallest absolute Gasteiger partial charge is 0.254 e.